The second-order valence-electron chi connectivity index (χ2n) is 7.71. The molecule has 1 aliphatic heterocycles. The Morgan fingerprint density at radius 3 is 2.72 bits per heavy atom. The Morgan fingerprint density at radius 1 is 1.12 bits per heavy atom. The zero-order valence-electron chi connectivity index (χ0n) is 17.3. The summed E-state index contributed by atoms with van der Waals surface area (Å²) in [7, 11) is 0. The topological polar surface area (TPSA) is 67.6 Å². The third-order valence-corrected chi connectivity index (χ3v) is 5.62. The lowest BCUT2D eigenvalue weighted by Crippen LogP contribution is -2.36. The third-order valence-electron chi connectivity index (χ3n) is 5.62. The fourth-order valence-electron chi connectivity index (χ4n) is 3.89. The van der Waals surface area contributed by atoms with Gasteiger partial charge in [-0.15, -0.1) is 0 Å². The Bertz CT molecular complexity index is 1270. The van der Waals surface area contributed by atoms with Gasteiger partial charge in [0, 0.05) is 36.9 Å². The van der Waals surface area contributed by atoms with Gasteiger partial charge in [-0.1, -0.05) is 12.1 Å². The van der Waals surface area contributed by atoms with Crippen molar-refractivity contribution in [2.24, 2.45) is 0 Å². The van der Waals surface area contributed by atoms with Crippen molar-refractivity contribution < 1.29 is 17.9 Å². The summed E-state index contributed by atoms with van der Waals surface area (Å²) < 4.78 is 46.8. The first-order chi connectivity index (χ1) is 15.4. The van der Waals surface area contributed by atoms with E-state index in [-0.39, 0.29) is 0 Å². The van der Waals surface area contributed by atoms with Gasteiger partial charge >= 0.3 is 6.18 Å². The first kappa shape index (κ1) is 20.5. The number of benzene rings is 1. The van der Waals surface area contributed by atoms with E-state index in [0.717, 1.165) is 41.9 Å². The molecule has 1 fully saturated rings. The summed E-state index contributed by atoms with van der Waals surface area (Å²) in [6.45, 7) is 4.56. The Kier molecular flexibility index (Phi) is 5.09. The summed E-state index contributed by atoms with van der Waals surface area (Å²) in [5, 5.41) is 4.10. The van der Waals surface area contributed by atoms with Gasteiger partial charge in [-0.2, -0.15) is 18.2 Å². The highest BCUT2D eigenvalue weighted by Gasteiger charge is 2.30. The molecule has 1 N–H and O–H groups in total. The van der Waals surface area contributed by atoms with E-state index in [1.165, 1.54) is 6.07 Å². The van der Waals surface area contributed by atoms with E-state index < -0.39 is 17.8 Å². The van der Waals surface area contributed by atoms with E-state index in [2.05, 4.69) is 25.2 Å². The number of nitrogens with zero attached hydrogens (tertiary/aromatic N) is 5. The lowest BCUT2D eigenvalue weighted by atomic mass is 10.0. The second-order valence-corrected chi connectivity index (χ2v) is 7.71. The summed E-state index contributed by atoms with van der Waals surface area (Å²) >= 11 is 0. The van der Waals surface area contributed by atoms with Crippen LogP contribution in [-0.4, -0.2) is 45.7 Å². The zero-order valence-corrected chi connectivity index (χ0v) is 17.3. The highest BCUT2D eigenvalue weighted by atomic mass is 19.4. The number of hydrogen-bond donors (Lipinski definition) is 1. The average Bonchev–Trinajstić information content (AvgIpc) is 3.27. The number of aromatic nitrogens is 4. The molecule has 4 aromatic rings. The largest absolute Gasteiger partial charge is 0.416 e. The summed E-state index contributed by atoms with van der Waals surface area (Å²) in [4.78, 5) is 15.7. The molecule has 32 heavy (non-hydrogen) atoms. The Morgan fingerprint density at radius 2 is 1.94 bits per heavy atom. The molecule has 0 amide bonds. The van der Waals surface area contributed by atoms with Gasteiger partial charge in [0.25, 0.3) is 0 Å². The van der Waals surface area contributed by atoms with Crippen molar-refractivity contribution in [3.8, 4) is 0 Å². The van der Waals surface area contributed by atoms with Crippen molar-refractivity contribution in [1.82, 2.24) is 19.4 Å². The van der Waals surface area contributed by atoms with Gasteiger partial charge in [0.1, 0.15) is 11.6 Å². The van der Waals surface area contributed by atoms with Gasteiger partial charge in [-0.05, 0) is 30.7 Å². The summed E-state index contributed by atoms with van der Waals surface area (Å²) in [6.07, 6.45) is 0.837. The van der Waals surface area contributed by atoms with Crippen molar-refractivity contribution >= 4 is 28.3 Å². The van der Waals surface area contributed by atoms with Crippen LogP contribution in [-0.2, 0) is 10.9 Å². The van der Waals surface area contributed by atoms with Gasteiger partial charge in [0.15, 0.2) is 0 Å². The number of nitrogens with one attached hydrogen (secondary N) is 1. The normalized spacial score (nSPS) is 15.9. The van der Waals surface area contributed by atoms with Crippen molar-refractivity contribution in [3.05, 3.63) is 60.0 Å². The molecule has 0 spiro atoms. The standard InChI is InChI=1S/C22H21F3N6O/c1-14(15-3-2-4-16(11-15)22(23,24)25)28-20-17-12-19(30-7-9-32-10-8-30)27-13-18(17)31-6-5-26-21(31)29-20/h2-6,11-14H,7-10H2,1H3,(H,26,28,29). The van der Waals surface area contributed by atoms with E-state index in [4.69, 9.17) is 4.74 Å². The molecular formula is C22H21F3N6O. The van der Waals surface area contributed by atoms with Gasteiger partial charge < -0.3 is 15.0 Å². The van der Waals surface area contributed by atoms with Gasteiger partial charge in [-0.25, -0.2) is 9.97 Å². The van der Waals surface area contributed by atoms with Crippen molar-refractivity contribution in [1.29, 1.82) is 0 Å². The van der Waals surface area contributed by atoms with Crippen molar-refractivity contribution in [3.63, 3.8) is 0 Å². The van der Waals surface area contributed by atoms with E-state index in [1.54, 1.807) is 24.7 Å². The van der Waals surface area contributed by atoms with Crippen LogP contribution in [0.15, 0.2) is 48.9 Å². The molecule has 3 aromatic heterocycles. The van der Waals surface area contributed by atoms with Crippen LogP contribution in [0.1, 0.15) is 24.1 Å². The first-order valence-electron chi connectivity index (χ1n) is 10.3. The molecule has 0 saturated carbocycles. The molecule has 7 nitrogen and oxygen atoms in total. The lowest BCUT2D eigenvalue weighted by Gasteiger charge is -2.28. The predicted octanol–water partition coefficient (Wildman–Crippen LogP) is 4.31. The molecule has 1 unspecified atom stereocenters. The van der Waals surface area contributed by atoms with E-state index >= 15 is 0 Å². The van der Waals surface area contributed by atoms with Crippen LogP contribution in [0, 0.1) is 0 Å². The molecule has 0 radical (unpaired) electrons. The average molecular weight is 442 g/mol. The van der Waals surface area contributed by atoms with Gasteiger partial charge in [0.05, 0.1) is 30.5 Å². The number of hydrogen-bond acceptors (Lipinski definition) is 6. The van der Waals surface area contributed by atoms with E-state index in [1.807, 2.05) is 17.4 Å². The summed E-state index contributed by atoms with van der Waals surface area (Å²) in [5.74, 6) is 1.83. The van der Waals surface area contributed by atoms with E-state index in [9.17, 15) is 13.2 Å². The van der Waals surface area contributed by atoms with Crippen LogP contribution < -0.4 is 10.2 Å². The van der Waals surface area contributed by atoms with Crippen LogP contribution in [0.4, 0.5) is 24.8 Å². The minimum atomic E-state index is -4.39. The quantitative estimate of drug-likeness (QED) is 0.508. The van der Waals surface area contributed by atoms with E-state index in [0.29, 0.717) is 30.4 Å². The van der Waals surface area contributed by atoms with Crippen molar-refractivity contribution in [2.75, 3.05) is 36.5 Å². The highest BCUT2D eigenvalue weighted by Crippen LogP contribution is 2.33. The fourth-order valence-corrected chi connectivity index (χ4v) is 3.89. The summed E-state index contributed by atoms with van der Waals surface area (Å²) in [5.41, 5.74) is 0.646. The number of alkyl halides is 3. The monoisotopic (exact) mass is 442 g/mol. The third kappa shape index (κ3) is 3.81. The number of morpholine rings is 1. The second kappa shape index (κ2) is 7.94. The van der Waals surface area contributed by atoms with Gasteiger partial charge in [-0.3, -0.25) is 4.40 Å². The number of pyridine rings is 1. The van der Waals surface area contributed by atoms with Crippen molar-refractivity contribution in [2.45, 2.75) is 19.1 Å². The number of halogens is 3. The first-order valence-corrected chi connectivity index (χ1v) is 10.3. The van der Waals surface area contributed by atoms with Crippen LogP contribution in [0.25, 0.3) is 16.7 Å². The van der Waals surface area contributed by atoms with Crippen LogP contribution in [0.3, 0.4) is 0 Å². The Balaban J connectivity index is 1.55. The SMILES string of the molecule is CC(Nc1nc2nccn2c2cnc(N3CCOCC3)cc12)c1cccc(C(F)(F)F)c1. The number of ether oxygens (including phenoxy) is 1. The minimum Gasteiger partial charge on any atom is -0.378 e. The number of fused-ring (bicyclic) bond motifs is 3. The lowest BCUT2D eigenvalue weighted by molar-refractivity contribution is -0.137. The Hall–Kier alpha value is -3.40. The molecule has 5 rings (SSSR count). The fraction of sp³-hybridized carbons (Fsp3) is 0.318. The zero-order chi connectivity index (χ0) is 22.3. The molecular weight excluding hydrogens is 421 g/mol. The summed E-state index contributed by atoms with van der Waals surface area (Å²) in [6, 6.07) is 6.86. The van der Waals surface area contributed by atoms with Gasteiger partial charge in [0.2, 0.25) is 5.78 Å². The number of imidazole rings is 1. The molecule has 1 aliphatic rings. The highest BCUT2D eigenvalue weighted by molar-refractivity contribution is 5.92. The Labute approximate surface area is 181 Å². The van der Waals surface area contributed by atoms with Crippen LogP contribution in [0.5, 0.6) is 0 Å². The smallest absolute Gasteiger partial charge is 0.378 e. The molecule has 0 aliphatic carbocycles. The maximum absolute atomic E-state index is 13.2. The predicted molar refractivity (Wildman–Crippen MR) is 115 cm³/mol. The maximum Gasteiger partial charge on any atom is 0.416 e. The minimum absolute atomic E-state index is 0.412. The molecule has 4 heterocycles. The van der Waals surface area contributed by atoms with Crippen LogP contribution >= 0.6 is 0 Å². The van der Waals surface area contributed by atoms with Crippen LogP contribution in [0.2, 0.25) is 0 Å². The molecule has 0 bridgehead atoms. The number of anilines is 2. The number of rotatable bonds is 4. The molecule has 1 atom stereocenters. The molecule has 1 saturated heterocycles. The molecule has 1 aromatic carbocycles. The maximum atomic E-state index is 13.2. The molecule has 10 heteroatoms. The molecule has 166 valence electrons.